The van der Waals surface area contributed by atoms with E-state index in [4.69, 9.17) is 18.9 Å². The minimum atomic E-state index is -1.64. The molecule has 0 bridgehead atoms. The Balaban J connectivity index is 4.12. The van der Waals surface area contributed by atoms with E-state index in [1.165, 1.54) is 141 Å². The molecule has 2 unspecified atom stereocenters. The van der Waals surface area contributed by atoms with Gasteiger partial charge in [0.1, 0.15) is 13.2 Å². The van der Waals surface area contributed by atoms with E-state index in [1.807, 2.05) is 21.1 Å². The molecule has 9 heteroatoms. The highest BCUT2D eigenvalue weighted by atomic mass is 16.7. The maximum atomic E-state index is 13.0. The summed E-state index contributed by atoms with van der Waals surface area (Å²) < 4.78 is 22.8. The molecule has 9 nitrogen and oxygen atoms in total. The maximum absolute atomic E-state index is 13.0. The van der Waals surface area contributed by atoms with Gasteiger partial charge in [0, 0.05) is 12.8 Å². The number of carboxylic acid groups (broad SMARTS) is 1. The molecule has 0 aromatic heterocycles. The molecule has 0 aliphatic heterocycles. The van der Waals surface area contributed by atoms with Crippen LogP contribution in [0.2, 0.25) is 0 Å². The van der Waals surface area contributed by atoms with Gasteiger partial charge in [0.15, 0.2) is 12.4 Å². The van der Waals surface area contributed by atoms with Gasteiger partial charge in [-0.2, -0.15) is 0 Å². The van der Waals surface area contributed by atoms with Crippen molar-refractivity contribution < 1.29 is 42.9 Å². The SMILES string of the molecule is CC/C=C\C/C=C\C/C=C\C/C=C\C/C=C\C/C=C\C/C=C\C/C=C\C/C=C\C/C=C\C/C=C\C/C=C\CCCCCCC(=O)OC(COC(=O)CCCCCCCCCCCCCCCCCCCCCCCCCC/C=C\C/C=C\C/C=C\C/C=C\CC)COC(OCC[N+](C)(C)C)C(=O)[O-]. The lowest BCUT2D eigenvalue weighted by Gasteiger charge is -2.26. The van der Waals surface area contributed by atoms with Gasteiger partial charge in [0.25, 0.3) is 0 Å². The highest BCUT2D eigenvalue weighted by molar-refractivity contribution is 5.70. The zero-order valence-corrected chi connectivity index (χ0v) is 66.6. The first-order chi connectivity index (χ1) is 50.6. The second kappa shape index (κ2) is 81.8. The number of aliphatic carboxylic acids is 1. The third kappa shape index (κ3) is 83.3. The summed E-state index contributed by atoms with van der Waals surface area (Å²) in [7, 11) is 5.92. The van der Waals surface area contributed by atoms with Gasteiger partial charge in [-0.3, -0.25) is 9.59 Å². The van der Waals surface area contributed by atoms with Crippen molar-refractivity contribution in [1.82, 2.24) is 0 Å². The van der Waals surface area contributed by atoms with Crippen LogP contribution >= 0.6 is 0 Å². The molecule has 0 fully saturated rings. The van der Waals surface area contributed by atoms with Crippen molar-refractivity contribution in [1.29, 1.82) is 0 Å². The predicted octanol–water partition coefficient (Wildman–Crippen LogP) is 25.9. The number of ether oxygens (including phenoxy) is 4. The Morgan fingerprint density at radius 2 is 0.524 bits per heavy atom. The lowest BCUT2D eigenvalue weighted by molar-refractivity contribution is -0.870. The molecule has 0 aromatic carbocycles. The van der Waals surface area contributed by atoms with Crippen LogP contribution in [0.3, 0.4) is 0 Å². The summed E-state index contributed by atoms with van der Waals surface area (Å²) in [6.07, 6.45) is 123. The third-order valence-electron chi connectivity index (χ3n) is 17.3. The van der Waals surface area contributed by atoms with Crippen LogP contribution in [0.1, 0.15) is 322 Å². The summed E-state index contributed by atoms with van der Waals surface area (Å²) in [6, 6.07) is 0. The zero-order chi connectivity index (χ0) is 74.6. The molecule has 0 aliphatic rings. The smallest absolute Gasteiger partial charge is 0.306 e. The number of likely N-dealkylation sites (N-methyl/N-ethyl adjacent to an activating group) is 1. The lowest BCUT2D eigenvalue weighted by atomic mass is 10.0. The van der Waals surface area contributed by atoms with Crippen molar-refractivity contribution in [3.63, 3.8) is 0 Å². The number of allylic oxidation sites excluding steroid dienone is 32. The Morgan fingerprint density at radius 1 is 0.291 bits per heavy atom. The monoisotopic (exact) mass is 1420 g/mol. The van der Waals surface area contributed by atoms with Crippen molar-refractivity contribution >= 4 is 17.9 Å². The van der Waals surface area contributed by atoms with Crippen molar-refractivity contribution in [3.8, 4) is 0 Å². The number of hydrogen-bond acceptors (Lipinski definition) is 8. The Labute approximate surface area is 633 Å². The average Bonchev–Trinajstić information content (AvgIpc) is 1.01. The number of esters is 2. The van der Waals surface area contributed by atoms with E-state index in [0.717, 1.165) is 148 Å². The van der Waals surface area contributed by atoms with Gasteiger partial charge >= 0.3 is 11.9 Å². The number of nitrogens with zero attached hydrogens (tertiary/aromatic N) is 1. The molecule has 0 N–H and O–H groups in total. The van der Waals surface area contributed by atoms with E-state index in [1.54, 1.807) is 0 Å². The molecule has 103 heavy (non-hydrogen) atoms. The van der Waals surface area contributed by atoms with Gasteiger partial charge < -0.3 is 33.3 Å². The topological polar surface area (TPSA) is 111 Å². The minimum absolute atomic E-state index is 0.134. The first kappa shape index (κ1) is 97.1. The summed E-state index contributed by atoms with van der Waals surface area (Å²) in [5.74, 6) is -2.32. The molecule has 0 aromatic rings. The fourth-order valence-corrected chi connectivity index (χ4v) is 11.1. The summed E-state index contributed by atoms with van der Waals surface area (Å²) in [6.45, 7) is 4.50. The highest BCUT2D eigenvalue weighted by Gasteiger charge is 2.22. The number of carbonyl (C=O) groups is 3. The standard InChI is InChI=1S/C94H153NO8/c1-6-8-10-12-14-16-18-20-22-24-26-28-30-32-34-36-38-40-42-44-45-46-47-49-51-53-55-57-59-61-63-65-67-69-71-73-75-77-79-81-83-85-92(97)103-90(89-102-94(93(98)99)100-87-86-95(3,4)5)88-101-91(96)84-82-80-78-76-74-72-70-68-66-64-62-60-58-56-54-52-50-48-43-41-39-37-35-33-31-29-27-25-23-21-19-17-15-13-11-9-7-2/h8-11,14-17,20-23,26-29,32,34,38,40,44-45,47,49,53,55,59,61,65,67,71,73,90,94H,6-7,12-13,18-19,24-25,30-31,33,35-37,39,41-43,46,48,50-52,54,56-58,60,62-64,66,68-70,72,74-89H2,1-5H3/b10-8-,11-9-,16-14-,17-15-,22-20-,23-21-,28-26-,29-27-,34-32-,40-38-,45-44-,49-47-,55-53-,61-59-,67-65-,73-71-. The second-order valence-electron chi connectivity index (χ2n) is 28.3. The summed E-state index contributed by atoms with van der Waals surface area (Å²) >= 11 is 0. The van der Waals surface area contributed by atoms with Crippen LogP contribution in [0.25, 0.3) is 0 Å². The van der Waals surface area contributed by atoms with Gasteiger partial charge in [-0.15, -0.1) is 0 Å². The van der Waals surface area contributed by atoms with Gasteiger partial charge in [-0.05, 0) is 141 Å². The zero-order valence-electron chi connectivity index (χ0n) is 66.6. The number of hydrogen-bond donors (Lipinski definition) is 0. The van der Waals surface area contributed by atoms with Crippen LogP contribution < -0.4 is 5.11 Å². The fourth-order valence-electron chi connectivity index (χ4n) is 11.1. The number of quaternary nitrogens is 1. The van der Waals surface area contributed by atoms with E-state index in [2.05, 4.69) is 208 Å². The molecule has 2 atom stereocenters. The summed E-state index contributed by atoms with van der Waals surface area (Å²) in [5, 5.41) is 11.9. The minimum Gasteiger partial charge on any atom is -0.545 e. The molecule has 0 rings (SSSR count). The lowest BCUT2D eigenvalue weighted by Crippen LogP contribution is -2.44. The van der Waals surface area contributed by atoms with Crippen LogP contribution in [0.4, 0.5) is 0 Å². The normalized spacial score (nSPS) is 13.7. The first-order valence-corrected chi connectivity index (χ1v) is 41.6. The Bertz CT molecular complexity index is 2410. The van der Waals surface area contributed by atoms with Gasteiger partial charge in [0.05, 0.1) is 40.3 Å². The van der Waals surface area contributed by atoms with E-state index in [0.29, 0.717) is 17.4 Å². The molecule has 0 aliphatic carbocycles. The van der Waals surface area contributed by atoms with Crippen molar-refractivity contribution in [2.45, 2.75) is 334 Å². The number of unbranched alkanes of at least 4 members (excludes halogenated alkanes) is 28. The maximum Gasteiger partial charge on any atom is 0.306 e. The first-order valence-electron chi connectivity index (χ1n) is 41.6. The van der Waals surface area contributed by atoms with Crippen LogP contribution in [-0.2, 0) is 33.3 Å². The molecule has 0 saturated carbocycles. The Kier molecular flexibility index (Phi) is 77.1. The molecule has 0 radical (unpaired) electrons. The van der Waals surface area contributed by atoms with Gasteiger partial charge in [0.2, 0.25) is 0 Å². The molecule has 0 amide bonds. The van der Waals surface area contributed by atoms with Gasteiger partial charge in [-0.1, -0.05) is 362 Å². The van der Waals surface area contributed by atoms with Crippen LogP contribution in [-0.4, -0.2) is 82.3 Å². The van der Waals surface area contributed by atoms with Gasteiger partial charge in [-0.25, -0.2) is 0 Å². The molecule has 0 spiro atoms. The molecule has 582 valence electrons. The number of carbonyl (C=O) groups excluding carboxylic acids is 3. The highest BCUT2D eigenvalue weighted by Crippen LogP contribution is 2.18. The van der Waals surface area contributed by atoms with Crippen molar-refractivity contribution in [2.24, 2.45) is 0 Å². The van der Waals surface area contributed by atoms with Crippen LogP contribution in [0, 0.1) is 0 Å². The van der Waals surface area contributed by atoms with E-state index < -0.39 is 24.3 Å². The predicted molar refractivity (Wildman–Crippen MR) is 444 cm³/mol. The quantitative estimate of drug-likeness (QED) is 0.0195. The van der Waals surface area contributed by atoms with Crippen LogP contribution in [0.15, 0.2) is 194 Å². The average molecular weight is 1430 g/mol. The summed E-state index contributed by atoms with van der Waals surface area (Å²) in [4.78, 5) is 37.6. The second-order valence-corrected chi connectivity index (χ2v) is 28.3. The third-order valence-corrected chi connectivity index (χ3v) is 17.3. The van der Waals surface area contributed by atoms with Crippen molar-refractivity contribution in [3.05, 3.63) is 194 Å². The molecule has 0 saturated heterocycles. The Hall–Kier alpha value is -5.87. The van der Waals surface area contributed by atoms with E-state index in [-0.39, 0.29) is 38.6 Å². The fraction of sp³-hybridized carbons (Fsp3) is 0.628. The Morgan fingerprint density at radius 3 is 0.777 bits per heavy atom. The summed E-state index contributed by atoms with van der Waals surface area (Å²) in [5.41, 5.74) is 0. The van der Waals surface area contributed by atoms with E-state index >= 15 is 0 Å². The largest absolute Gasteiger partial charge is 0.545 e. The van der Waals surface area contributed by atoms with Crippen molar-refractivity contribution in [2.75, 3.05) is 47.5 Å². The molecular formula is C94H153NO8. The van der Waals surface area contributed by atoms with E-state index in [9.17, 15) is 19.5 Å². The molecular weight excluding hydrogens is 1270 g/mol. The molecule has 0 heterocycles. The number of carboxylic acids is 1. The number of rotatable bonds is 75. The van der Waals surface area contributed by atoms with Crippen LogP contribution in [0.5, 0.6) is 0 Å².